The maximum absolute atomic E-state index is 13.6. The van der Waals surface area contributed by atoms with Crippen molar-refractivity contribution in [3.63, 3.8) is 0 Å². The molecule has 4 rings (SSSR count). The summed E-state index contributed by atoms with van der Waals surface area (Å²) >= 11 is 0. The van der Waals surface area contributed by atoms with Crippen molar-refractivity contribution in [2.75, 3.05) is 5.32 Å². The van der Waals surface area contributed by atoms with Crippen LogP contribution in [0.1, 0.15) is 53.2 Å². The minimum atomic E-state index is -1.03. The third-order valence-corrected chi connectivity index (χ3v) is 6.48. The highest BCUT2D eigenvalue weighted by molar-refractivity contribution is 6.11. The van der Waals surface area contributed by atoms with E-state index < -0.39 is 32.3 Å². The molecular weight excluding hydrogens is 462 g/mol. The van der Waals surface area contributed by atoms with Crippen LogP contribution in [-0.4, -0.2) is 21.2 Å². The predicted molar refractivity (Wildman–Crippen MR) is 136 cm³/mol. The summed E-state index contributed by atoms with van der Waals surface area (Å²) in [5.41, 5.74) is 0.215. The Kier molecular flexibility index (Phi) is 5.78. The van der Waals surface area contributed by atoms with Gasteiger partial charge in [-0.05, 0) is 46.7 Å². The van der Waals surface area contributed by atoms with Gasteiger partial charge in [-0.25, -0.2) is 0 Å². The number of carbonyl (C=O) groups excluding carboxylic acids is 1. The van der Waals surface area contributed by atoms with Crippen molar-refractivity contribution in [2.45, 2.75) is 53.2 Å². The summed E-state index contributed by atoms with van der Waals surface area (Å²) in [4.78, 5) is 35.3. The third-order valence-electron chi connectivity index (χ3n) is 6.48. The first-order chi connectivity index (χ1) is 16.6. The molecule has 1 atom stereocenters. The molecule has 1 spiro atoms. The van der Waals surface area contributed by atoms with E-state index >= 15 is 0 Å². The Labute approximate surface area is 209 Å². The van der Waals surface area contributed by atoms with E-state index in [1.54, 1.807) is 18.2 Å². The summed E-state index contributed by atoms with van der Waals surface area (Å²) in [5, 5.41) is 26.1. The highest BCUT2D eigenvalue weighted by atomic mass is 16.6. The van der Waals surface area contributed by atoms with Gasteiger partial charge < -0.3 is 10.1 Å². The van der Waals surface area contributed by atoms with Gasteiger partial charge in [-0.1, -0.05) is 41.5 Å². The second kappa shape index (κ2) is 8.29. The predicted octanol–water partition coefficient (Wildman–Crippen LogP) is 6.32. The van der Waals surface area contributed by atoms with Crippen LogP contribution in [0.5, 0.6) is 5.75 Å². The van der Waals surface area contributed by atoms with E-state index in [9.17, 15) is 25.0 Å². The van der Waals surface area contributed by atoms with Crippen molar-refractivity contribution in [1.82, 2.24) is 0 Å². The van der Waals surface area contributed by atoms with E-state index in [1.807, 2.05) is 53.7 Å². The number of nitro groups is 2. The van der Waals surface area contributed by atoms with Gasteiger partial charge in [-0.15, -0.1) is 0 Å². The van der Waals surface area contributed by atoms with E-state index in [1.165, 1.54) is 24.3 Å². The molecule has 0 aromatic heterocycles. The Morgan fingerprint density at radius 3 is 1.81 bits per heavy atom. The highest BCUT2D eigenvalue weighted by Crippen LogP contribution is 2.51. The van der Waals surface area contributed by atoms with Crippen LogP contribution >= 0.6 is 0 Å². The minimum Gasteiger partial charge on any atom is -0.480 e. The molecule has 0 saturated carbocycles. The van der Waals surface area contributed by atoms with Crippen LogP contribution in [0.25, 0.3) is 0 Å². The number of rotatable bonds is 3. The Hall–Kier alpha value is -4.01. The molecule has 9 nitrogen and oxygen atoms in total. The largest absolute Gasteiger partial charge is 0.480 e. The zero-order valence-electron chi connectivity index (χ0n) is 21.1. The van der Waals surface area contributed by atoms with Gasteiger partial charge in [-0.3, -0.25) is 25.0 Å². The molecule has 0 fully saturated rings. The van der Waals surface area contributed by atoms with Crippen molar-refractivity contribution >= 4 is 22.8 Å². The quantitative estimate of drug-likeness (QED) is 0.394. The van der Waals surface area contributed by atoms with Crippen LogP contribution in [0.4, 0.5) is 17.1 Å². The van der Waals surface area contributed by atoms with Gasteiger partial charge in [0.15, 0.2) is 11.9 Å². The molecule has 2 aromatic carbocycles. The molecule has 1 heterocycles. The molecule has 1 N–H and O–H groups in total. The third kappa shape index (κ3) is 4.36. The van der Waals surface area contributed by atoms with Gasteiger partial charge in [0.1, 0.15) is 11.3 Å². The van der Waals surface area contributed by atoms with E-state index in [4.69, 9.17) is 4.74 Å². The van der Waals surface area contributed by atoms with Crippen molar-refractivity contribution in [2.24, 2.45) is 10.8 Å². The average molecular weight is 492 g/mol. The maximum Gasteiger partial charge on any atom is 0.273 e. The number of nitro benzene ring substituents is 2. The van der Waals surface area contributed by atoms with Gasteiger partial charge in [0.2, 0.25) is 0 Å². The Balaban J connectivity index is 1.99. The number of nitrogens with one attached hydrogen (secondary N) is 1. The molecule has 0 bridgehead atoms. The number of hydrogen-bond acceptors (Lipinski definition) is 7. The number of anilines is 1. The first-order valence-electron chi connectivity index (χ1n) is 11.6. The number of nitrogens with zero attached hydrogens (tertiary/aromatic N) is 2. The molecule has 1 aliphatic carbocycles. The second-order valence-electron chi connectivity index (χ2n) is 11.3. The SMILES string of the molecule is CC(C)(C)C1=CC2(C=C(C(C)(C)C)C1=O)Nc1ccc([N+](=O)[O-])cc1O[C@H]2c1ccc([N+](=O)[O-])cc1. The Morgan fingerprint density at radius 2 is 1.33 bits per heavy atom. The molecule has 0 unspecified atom stereocenters. The van der Waals surface area contributed by atoms with Crippen molar-refractivity contribution in [3.05, 3.63) is 91.6 Å². The molecule has 1 aliphatic heterocycles. The summed E-state index contributed by atoms with van der Waals surface area (Å²) in [7, 11) is 0. The summed E-state index contributed by atoms with van der Waals surface area (Å²) in [6, 6.07) is 10.3. The Morgan fingerprint density at radius 1 is 0.833 bits per heavy atom. The summed E-state index contributed by atoms with van der Waals surface area (Å²) in [6.45, 7) is 11.8. The van der Waals surface area contributed by atoms with E-state index in [0.717, 1.165) is 0 Å². The normalized spacial score (nSPS) is 18.9. The van der Waals surface area contributed by atoms with Crippen LogP contribution in [0, 0.1) is 31.1 Å². The van der Waals surface area contributed by atoms with Gasteiger partial charge >= 0.3 is 0 Å². The van der Waals surface area contributed by atoms with Crippen molar-refractivity contribution in [1.29, 1.82) is 0 Å². The number of fused-ring (bicyclic) bond motifs is 1. The van der Waals surface area contributed by atoms with Crippen LogP contribution in [0.15, 0.2) is 65.8 Å². The second-order valence-corrected chi connectivity index (χ2v) is 11.3. The smallest absolute Gasteiger partial charge is 0.273 e. The standard InChI is InChI=1S/C27H29N3O6/c1-25(2,3)19-14-27(15-20(23(19)31)26(4,5)6)24(16-7-9-17(10-8-16)29(32)33)36-22-13-18(30(34)35)11-12-21(22)28-27/h7-15,24,28H,1-6H3/t24-/m0/s1. The van der Waals surface area contributed by atoms with Gasteiger partial charge in [0.05, 0.1) is 21.6 Å². The first-order valence-corrected chi connectivity index (χ1v) is 11.6. The number of hydrogen-bond donors (Lipinski definition) is 1. The average Bonchev–Trinajstić information content (AvgIpc) is 2.78. The molecule has 2 aromatic rings. The monoisotopic (exact) mass is 491 g/mol. The molecule has 0 amide bonds. The molecular formula is C27H29N3O6. The van der Waals surface area contributed by atoms with Crippen molar-refractivity contribution < 1.29 is 19.4 Å². The number of ketones is 1. The molecule has 9 heteroatoms. The van der Waals surface area contributed by atoms with E-state index in [0.29, 0.717) is 22.4 Å². The van der Waals surface area contributed by atoms with Crippen LogP contribution in [0.2, 0.25) is 0 Å². The lowest BCUT2D eigenvalue weighted by Gasteiger charge is -2.47. The fourth-order valence-electron chi connectivity index (χ4n) is 4.60. The molecule has 188 valence electrons. The molecule has 0 radical (unpaired) electrons. The van der Waals surface area contributed by atoms with Crippen LogP contribution < -0.4 is 10.1 Å². The Bertz CT molecular complexity index is 1290. The number of Topliss-reactive ketones (excluding diaryl/α,β-unsaturated/α-hetero) is 1. The summed E-state index contributed by atoms with van der Waals surface area (Å²) < 4.78 is 6.42. The fourth-order valence-corrected chi connectivity index (χ4v) is 4.60. The van der Waals surface area contributed by atoms with Gasteiger partial charge in [-0.2, -0.15) is 0 Å². The lowest BCUT2D eigenvalue weighted by atomic mass is 9.67. The van der Waals surface area contributed by atoms with Crippen molar-refractivity contribution in [3.8, 4) is 5.75 Å². The van der Waals surface area contributed by atoms with E-state index in [2.05, 4.69) is 5.32 Å². The topological polar surface area (TPSA) is 125 Å². The molecule has 36 heavy (non-hydrogen) atoms. The number of benzene rings is 2. The van der Waals surface area contributed by atoms with Gasteiger partial charge in [0.25, 0.3) is 11.4 Å². The van der Waals surface area contributed by atoms with Crippen LogP contribution in [-0.2, 0) is 4.79 Å². The highest BCUT2D eigenvalue weighted by Gasteiger charge is 2.49. The number of non-ortho nitro benzene ring substituents is 2. The lowest BCUT2D eigenvalue weighted by molar-refractivity contribution is -0.385. The fraction of sp³-hybridized carbons (Fsp3) is 0.370. The maximum atomic E-state index is 13.6. The zero-order valence-corrected chi connectivity index (χ0v) is 21.1. The number of allylic oxidation sites excluding steroid dienone is 2. The summed E-state index contributed by atoms with van der Waals surface area (Å²) in [5.74, 6) is 0.242. The molecule has 2 aliphatic rings. The number of ether oxygens (including phenoxy) is 1. The van der Waals surface area contributed by atoms with Crippen LogP contribution in [0.3, 0.4) is 0 Å². The zero-order chi connectivity index (χ0) is 26.6. The van der Waals surface area contributed by atoms with E-state index in [-0.39, 0.29) is 22.9 Å². The number of carbonyl (C=O) groups is 1. The lowest BCUT2D eigenvalue weighted by Crippen LogP contribution is -2.50. The minimum absolute atomic E-state index is 0.0422. The van der Waals surface area contributed by atoms with Gasteiger partial charge in [0, 0.05) is 29.3 Å². The summed E-state index contributed by atoms with van der Waals surface area (Å²) in [6.07, 6.45) is 2.98. The first kappa shape index (κ1) is 25.1. The molecule has 0 saturated heterocycles.